The van der Waals surface area contributed by atoms with Crippen LogP contribution in [-0.2, 0) is 14.8 Å². The fourth-order valence-electron chi connectivity index (χ4n) is 1.23. The molecule has 1 atom stereocenters. The maximum Gasteiger partial charge on any atom is 0.242 e. The molecule has 1 heterocycles. The zero-order chi connectivity index (χ0) is 14.6. The Morgan fingerprint density at radius 2 is 2.11 bits per heavy atom. The highest BCUT2D eigenvalue weighted by Gasteiger charge is 2.22. The Balaban J connectivity index is 2.92. The van der Waals surface area contributed by atoms with Crippen LogP contribution in [0.2, 0.25) is 10.2 Å². The topological polar surface area (TPSA) is 88.2 Å². The summed E-state index contributed by atoms with van der Waals surface area (Å²) in [5.74, 6) is -0.418. The Morgan fingerprint density at radius 3 is 2.63 bits per heavy atom. The number of pyridine rings is 1. The number of carbonyl (C=O) groups is 1. The molecule has 0 aliphatic carbocycles. The van der Waals surface area contributed by atoms with Crippen LogP contribution < -0.4 is 10.0 Å². The van der Waals surface area contributed by atoms with Gasteiger partial charge >= 0.3 is 0 Å². The third kappa shape index (κ3) is 4.31. The molecule has 1 aromatic heterocycles. The molecule has 106 valence electrons. The summed E-state index contributed by atoms with van der Waals surface area (Å²) in [5, 5.41) is 2.55. The molecule has 0 bridgehead atoms. The minimum Gasteiger partial charge on any atom is -0.355 e. The lowest BCUT2D eigenvalue weighted by molar-refractivity contribution is -0.122. The van der Waals surface area contributed by atoms with Gasteiger partial charge in [-0.1, -0.05) is 23.2 Å². The molecule has 6 nitrogen and oxygen atoms in total. The zero-order valence-electron chi connectivity index (χ0n) is 10.3. The van der Waals surface area contributed by atoms with Gasteiger partial charge in [-0.05, 0) is 19.9 Å². The van der Waals surface area contributed by atoms with Crippen LogP contribution in [-0.4, -0.2) is 31.9 Å². The number of rotatable bonds is 5. The third-order valence-electron chi connectivity index (χ3n) is 2.16. The summed E-state index contributed by atoms with van der Waals surface area (Å²) in [6.45, 7) is 3.59. The molecular formula is C10H13Cl2N3O3S. The Labute approximate surface area is 121 Å². The lowest BCUT2D eigenvalue weighted by Crippen LogP contribution is -2.44. The van der Waals surface area contributed by atoms with Crippen LogP contribution in [0, 0.1) is 0 Å². The van der Waals surface area contributed by atoms with Crippen molar-refractivity contribution in [1.82, 2.24) is 15.0 Å². The van der Waals surface area contributed by atoms with E-state index in [-0.39, 0.29) is 15.1 Å². The molecule has 1 unspecified atom stereocenters. The number of halogens is 2. The molecule has 0 saturated carbocycles. The predicted octanol–water partition coefficient (Wildman–Crippen LogP) is 1.19. The molecule has 0 radical (unpaired) electrons. The molecule has 19 heavy (non-hydrogen) atoms. The molecule has 9 heteroatoms. The van der Waals surface area contributed by atoms with Crippen molar-refractivity contribution in [2.75, 3.05) is 6.54 Å². The van der Waals surface area contributed by atoms with E-state index in [0.717, 1.165) is 6.20 Å². The van der Waals surface area contributed by atoms with Gasteiger partial charge in [0.2, 0.25) is 15.9 Å². The van der Waals surface area contributed by atoms with Gasteiger partial charge in [-0.15, -0.1) is 0 Å². The van der Waals surface area contributed by atoms with Gasteiger partial charge in [-0.2, -0.15) is 4.72 Å². The summed E-state index contributed by atoms with van der Waals surface area (Å²) in [4.78, 5) is 15.0. The number of sulfonamides is 1. The fraction of sp³-hybridized carbons (Fsp3) is 0.400. The van der Waals surface area contributed by atoms with E-state index in [9.17, 15) is 13.2 Å². The molecule has 1 amide bonds. The number of nitrogens with zero attached hydrogens (tertiary/aromatic N) is 1. The number of aromatic nitrogens is 1. The maximum atomic E-state index is 12.0. The molecule has 0 fully saturated rings. The van der Waals surface area contributed by atoms with Gasteiger partial charge in [-0.25, -0.2) is 13.4 Å². The molecular weight excluding hydrogens is 313 g/mol. The summed E-state index contributed by atoms with van der Waals surface area (Å²) in [7, 11) is -3.88. The molecule has 1 rings (SSSR count). The number of amides is 1. The van der Waals surface area contributed by atoms with Crippen molar-refractivity contribution in [2.45, 2.75) is 24.8 Å². The standard InChI is InChI=1S/C10H13Cl2N3O3S/c1-3-13-10(16)6(2)15-19(17,18)7-4-8(11)9(12)14-5-7/h4-6,15H,3H2,1-2H3,(H,13,16). The summed E-state index contributed by atoms with van der Waals surface area (Å²) < 4.78 is 26.2. The van der Waals surface area contributed by atoms with Crippen molar-refractivity contribution in [3.05, 3.63) is 22.4 Å². The van der Waals surface area contributed by atoms with E-state index in [4.69, 9.17) is 23.2 Å². The largest absolute Gasteiger partial charge is 0.355 e. The smallest absolute Gasteiger partial charge is 0.242 e. The second-order valence-electron chi connectivity index (χ2n) is 3.68. The maximum absolute atomic E-state index is 12.0. The summed E-state index contributed by atoms with van der Waals surface area (Å²) in [5.41, 5.74) is 0. The first-order chi connectivity index (χ1) is 8.77. The van der Waals surface area contributed by atoms with E-state index < -0.39 is 22.0 Å². The van der Waals surface area contributed by atoms with Gasteiger partial charge in [0, 0.05) is 12.7 Å². The van der Waals surface area contributed by atoms with Gasteiger partial charge in [-0.3, -0.25) is 4.79 Å². The fourth-order valence-corrected chi connectivity index (χ4v) is 2.74. The third-order valence-corrected chi connectivity index (χ3v) is 4.35. The highest BCUT2D eigenvalue weighted by atomic mass is 35.5. The zero-order valence-corrected chi connectivity index (χ0v) is 12.6. The second kappa shape index (κ2) is 6.51. The van der Waals surface area contributed by atoms with Gasteiger partial charge in [0.25, 0.3) is 0 Å². The molecule has 0 spiro atoms. The molecule has 0 aliphatic heterocycles. The highest BCUT2D eigenvalue weighted by molar-refractivity contribution is 7.89. The van der Waals surface area contributed by atoms with Crippen LogP contribution in [0.3, 0.4) is 0 Å². The van der Waals surface area contributed by atoms with E-state index in [1.54, 1.807) is 6.92 Å². The van der Waals surface area contributed by atoms with Gasteiger partial charge in [0.1, 0.15) is 10.0 Å². The second-order valence-corrected chi connectivity index (χ2v) is 6.16. The predicted molar refractivity (Wildman–Crippen MR) is 72.7 cm³/mol. The quantitative estimate of drug-likeness (QED) is 0.796. The minimum atomic E-state index is -3.88. The van der Waals surface area contributed by atoms with Crippen LogP contribution in [0.1, 0.15) is 13.8 Å². The van der Waals surface area contributed by atoms with E-state index in [0.29, 0.717) is 6.54 Å². The first kappa shape index (κ1) is 16.2. The van der Waals surface area contributed by atoms with Crippen molar-refractivity contribution in [2.24, 2.45) is 0 Å². The van der Waals surface area contributed by atoms with Gasteiger partial charge in [0.05, 0.1) is 11.1 Å². The Kier molecular flexibility index (Phi) is 5.54. The summed E-state index contributed by atoms with van der Waals surface area (Å²) >= 11 is 11.3. The van der Waals surface area contributed by atoms with Gasteiger partial charge in [0.15, 0.2) is 0 Å². The average molecular weight is 326 g/mol. The number of likely N-dealkylation sites (N-methyl/N-ethyl adjacent to an activating group) is 1. The van der Waals surface area contributed by atoms with Crippen molar-refractivity contribution < 1.29 is 13.2 Å². The molecule has 1 aromatic rings. The summed E-state index contributed by atoms with van der Waals surface area (Å²) in [6, 6.07) is 0.267. The number of carbonyl (C=O) groups excluding carboxylic acids is 1. The molecule has 0 saturated heterocycles. The number of hydrogen-bond acceptors (Lipinski definition) is 4. The Morgan fingerprint density at radius 1 is 1.47 bits per heavy atom. The van der Waals surface area contributed by atoms with Crippen LogP contribution >= 0.6 is 23.2 Å². The SMILES string of the molecule is CCNC(=O)C(C)NS(=O)(=O)c1cnc(Cl)c(Cl)c1. The minimum absolute atomic E-state index is 0.0115. The van der Waals surface area contributed by atoms with E-state index in [2.05, 4.69) is 15.0 Å². The highest BCUT2D eigenvalue weighted by Crippen LogP contribution is 2.22. The van der Waals surface area contributed by atoms with Crippen molar-refractivity contribution in [1.29, 1.82) is 0 Å². The monoisotopic (exact) mass is 325 g/mol. The Bertz CT molecular complexity index is 577. The number of nitrogens with one attached hydrogen (secondary N) is 2. The summed E-state index contributed by atoms with van der Waals surface area (Å²) in [6.07, 6.45) is 1.07. The van der Waals surface area contributed by atoms with Crippen LogP contribution in [0.5, 0.6) is 0 Å². The lowest BCUT2D eigenvalue weighted by Gasteiger charge is -2.13. The van der Waals surface area contributed by atoms with Crippen LogP contribution in [0.15, 0.2) is 17.2 Å². The van der Waals surface area contributed by atoms with Gasteiger partial charge < -0.3 is 5.32 Å². The van der Waals surface area contributed by atoms with Crippen LogP contribution in [0.4, 0.5) is 0 Å². The first-order valence-electron chi connectivity index (χ1n) is 5.39. The van der Waals surface area contributed by atoms with E-state index in [1.165, 1.54) is 13.0 Å². The van der Waals surface area contributed by atoms with Crippen LogP contribution in [0.25, 0.3) is 0 Å². The molecule has 2 N–H and O–H groups in total. The molecule has 0 aliphatic rings. The Hall–Kier alpha value is -0.890. The molecule has 0 aromatic carbocycles. The lowest BCUT2D eigenvalue weighted by atomic mass is 10.3. The average Bonchev–Trinajstić information content (AvgIpc) is 2.32. The normalized spacial score (nSPS) is 13.1. The van der Waals surface area contributed by atoms with Crippen molar-refractivity contribution in [3.8, 4) is 0 Å². The van der Waals surface area contributed by atoms with E-state index in [1.807, 2.05) is 0 Å². The van der Waals surface area contributed by atoms with Crippen molar-refractivity contribution >= 4 is 39.1 Å². The van der Waals surface area contributed by atoms with E-state index >= 15 is 0 Å². The van der Waals surface area contributed by atoms with Crippen molar-refractivity contribution in [3.63, 3.8) is 0 Å². The first-order valence-corrected chi connectivity index (χ1v) is 7.63. The number of hydrogen-bond donors (Lipinski definition) is 2.